The Labute approximate surface area is 200 Å². The zero-order valence-electron chi connectivity index (χ0n) is 17.8. The summed E-state index contributed by atoms with van der Waals surface area (Å²) >= 11 is 0. The average molecular weight is 470 g/mol. The van der Waals surface area contributed by atoms with Crippen molar-refractivity contribution in [3.8, 4) is 5.75 Å². The number of carbonyl (C=O) groups is 1. The zero-order valence-corrected chi connectivity index (χ0v) is 20.7. The van der Waals surface area contributed by atoms with Gasteiger partial charge in [0.25, 0.3) is 5.91 Å². The molecule has 0 saturated carbocycles. The van der Waals surface area contributed by atoms with Crippen molar-refractivity contribution in [2.45, 2.75) is 46.1 Å². The Hall–Kier alpha value is -1.23. The zero-order chi connectivity index (χ0) is 19.8. The molecule has 2 aromatic rings. The van der Waals surface area contributed by atoms with E-state index in [2.05, 4.69) is 35.6 Å². The summed E-state index contributed by atoms with van der Waals surface area (Å²) < 4.78 is 6.44. The molecule has 4 nitrogen and oxygen atoms in total. The van der Waals surface area contributed by atoms with Gasteiger partial charge in [-0.05, 0) is 51.2 Å². The first kappa shape index (κ1) is 24.0. The van der Waals surface area contributed by atoms with E-state index in [1.54, 1.807) is 0 Å². The van der Waals surface area contributed by atoms with Gasteiger partial charge in [0.1, 0.15) is 12.3 Å². The molecule has 1 fully saturated rings. The second-order valence-corrected chi connectivity index (χ2v) is 7.96. The maximum absolute atomic E-state index is 13.0. The molecule has 1 amide bonds. The van der Waals surface area contributed by atoms with Crippen LogP contribution in [0.15, 0.2) is 48.5 Å². The molecule has 2 aromatic carbocycles. The molecule has 0 unspecified atom stereocenters. The van der Waals surface area contributed by atoms with Gasteiger partial charge in [-0.2, -0.15) is 0 Å². The Morgan fingerprint density at radius 1 is 1.03 bits per heavy atom. The number of quaternary nitrogens is 1. The van der Waals surface area contributed by atoms with E-state index in [1.807, 2.05) is 32.0 Å². The number of rotatable bonds is 7. The number of anilines is 1. The van der Waals surface area contributed by atoms with Gasteiger partial charge >= 0.3 is 0 Å². The summed E-state index contributed by atoms with van der Waals surface area (Å²) in [6.07, 6.45) is 4.93. The molecule has 1 aliphatic heterocycles. The quantitative estimate of drug-likeness (QED) is 0.584. The topological polar surface area (TPSA) is 38.3 Å². The van der Waals surface area contributed by atoms with Crippen LogP contribution in [0.3, 0.4) is 0 Å². The van der Waals surface area contributed by atoms with Crippen molar-refractivity contribution in [2.24, 2.45) is 0 Å². The summed E-state index contributed by atoms with van der Waals surface area (Å²) in [5.41, 5.74) is 3.22. The number of carbonyl (C=O) groups excluding carboxylic acids is 1. The third-order valence-corrected chi connectivity index (χ3v) is 5.65. The van der Waals surface area contributed by atoms with Crippen LogP contribution < -0.4 is 10.1 Å². The molecule has 1 radical (unpaired) electrons. The number of ether oxygens (including phenoxy) is 1. The number of amides is 1. The van der Waals surface area contributed by atoms with Crippen molar-refractivity contribution < 1.29 is 46.7 Å². The molecule has 3 rings (SSSR count). The Bertz CT molecular complexity index is 772. The summed E-state index contributed by atoms with van der Waals surface area (Å²) in [6, 6.07) is 16.5. The fraction of sp³-hybridized carbons (Fsp3) is 0.458. The molecule has 1 heterocycles. The smallest absolute Gasteiger partial charge is 0.279 e. The second kappa shape index (κ2) is 11.8. The molecule has 5 heteroatoms. The van der Waals surface area contributed by atoms with Crippen LogP contribution in [0.4, 0.5) is 5.69 Å². The Morgan fingerprint density at radius 3 is 2.38 bits per heavy atom. The van der Waals surface area contributed by atoms with Gasteiger partial charge in [0, 0.05) is 50.0 Å². The van der Waals surface area contributed by atoms with Gasteiger partial charge in [-0.25, -0.2) is 0 Å². The molecule has 1 N–H and O–H groups in total. The normalized spacial score (nSPS) is 15.7. The summed E-state index contributed by atoms with van der Waals surface area (Å²) in [5, 5.41) is 3.15. The van der Waals surface area contributed by atoms with Crippen LogP contribution in [0, 0.1) is 6.92 Å². The summed E-state index contributed by atoms with van der Waals surface area (Å²) in [7, 11) is 0. The minimum absolute atomic E-state index is 0. The van der Waals surface area contributed by atoms with E-state index in [9.17, 15) is 4.79 Å². The maximum Gasteiger partial charge on any atom is 0.279 e. The Morgan fingerprint density at radius 2 is 1.72 bits per heavy atom. The van der Waals surface area contributed by atoms with Crippen LogP contribution in [0.1, 0.15) is 43.7 Å². The SMILES string of the molecule is CCOc1ccc(C)c(NC(=O)C[N+]2(Cc3ccccc3)CCCCCC2)c1.[Y]. The molecule has 0 atom stereocenters. The number of nitrogens with one attached hydrogen (secondary N) is 1. The largest absolute Gasteiger partial charge is 0.494 e. The maximum atomic E-state index is 13.0. The molecule has 29 heavy (non-hydrogen) atoms. The predicted octanol–water partition coefficient (Wildman–Crippen LogP) is 4.92. The van der Waals surface area contributed by atoms with Crippen molar-refractivity contribution in [3.63, 3.8) is 0 Å². The summed E-state index contributed by atoms with van der Waals surface area (Å²) in [5.74, 6) is 0.890. The standard InChI is InChI=1S/C24H32N2O2.Y/c1-3-28-22-14-13-20(2)23(17-22)25-24(27)19-26(15-9-4-5-10-16-26)18-21-11-7-6-8-12-21;/h6-8,11-14,17H,3-5,9-10,15-16,18-19H2,1-2H3;/p+1. The number of hydrogen-bond donors (Lipinski definition) is 1. The van der Waals surface area contributed by atoms with Crippen molar-refractivity contribution in [1.82, 2.24) is 0 Å². The fourth-order valence-corrected chi connectivity index (χ4v) is 4.19. The van der Waals surface area contributed by atoms with Gasteiger partial charge in [0.15, 0.2) is 6.54 Å². The molecule has 0 bridgehead atoms. The van der Waals surface area contributed by atoms with E-state index in [1.165, 1.54) is 31.2 Å². The molecule has 0 spiro atoms. The van der Waals surface area contributed by atoms with Gasteiger partial charge < -0.3 is 14.5 Å². The van der Waals surface area contributed by atoms with Crippen molar-refractivity contribution >= 4 is 11.6 Å². The van der Waals surface area contributed by atoms with Crippen LogP contribution in [0.25, 0.3) is 0 Å². The van der Waals surface area contributed by atoms with E-state index < -0.39 is 0 Å². The van der Waals surface area contributed by atoms with Gasteiger partial charge in [-0.3, -0.25) is 4.79 Å². The molecule has 0 aliphatic carbocycles. The number of likely N-dealkylation sites (tertiary alicyclic amines) is 1. The number of hydrogen-bond acceptors (Lipinski definition) is 2. The second-order valence-electron chi connectivity index (χ2n) is 7.96. The van der Waals surface area contributed by atoms with Gasteiger partial charge in [0.2, 0.25) is 0 Å². The van der Waals surface area contributed by atoms with E-state index in [0.717, 1.165) is 41.1 Å². The Kier molecular flexibility index (Phi) is 9.81. The van der Waals surface area contributed by atoms with E-state index in [-0.39, 0.29) is 38.6 Å². The van der Waals surface area contributed by atoms with Crippen molar-refractivity contribution in [3.05, 3.63) is 59.7 Å². The summed E-state index contributed by atoms with van der Waals surface area (Å²) in [6.45, 7) is 8.19. The first-order valence-corrected chi connectivity index (χ1v) is 10.5. The number of benzene rings is 2. The molecule has 1 aliphatic rings. The van der Waals surface area contributed by atoms with E-state index >= 15 is 0 Å². The van der Waals surface area contributed by atoms with Gasteiger partial charge in [-0.15, -0.1) is 0 Å². The predicted molar refractivity (Wildman–Crippen MR) is 114 cm³/mol. The van der Waals surface area contributed by atoms with Crippen LogP contribution in [-0.4, -0.2) is 36.6 Å². The molecular weight excluding hydrogens is 437 g/mol. The van der Waals surface area contributed by atoms with Gasteiger partial charge in [-0.1, -0.05) is 36.4 Å². The van der Waals surface area contributed by atoms with E-state index in [4.69, 9.17) is 4.74 Å². The van der Waals surface area contributed by atoms with Crippen molar-refractivity contribution in [2.75, 3.05) is 31.6 Å². The molecule has 153 valence electrons. The summed E-state index contributed by atoms with van der Waals surface area (Å²) in [4.78, 5) is 13.0. The van der Waals surface area contributed by atoms with Crippen LogP contribution in [0.5, 0.6) is 5.75 Å². The van der Waals surface area contributed by atoms with Crippen LogP contribution in [0.2, 0.25) is 0 Å². The van der Waals surface area contributed by atoms with Gasteiger partial charge in [0.05, 0.1) is 19.7 Å². The number of aryl methyl sites for hydroxylation is 1. The van der Waals surface area contributed by atoms with E-state index in [0.29, 0.717) is 13.2 Å². The fourth-order valence-electron chi connectivity index (χ4n) is 4.19. The average Bonchev–Trinajstić information content (AvgIpc) is 2.91. The molecular formula is C24H33N2O2Y+. The van der Waals surface area contributed by atoms with Crippen LogP contribution in [-0.2, 0) is 44.0 Å². The van der Waals surface area contributed by atoms with Crippen molar-refractivity contribution in [1.29, 1.82) is 0 Å². The molecule has 0 aromatic heterocycles. The third-order valence-electron chi connectivity index (χ3n) is 5.65. The number of nitrogens with zero attached hydrogens (tertiary/aromatic N) is 1. The first-order valence-electron chi connectivity index (χ1n) is 10.5. The minimum atomic E-state index is 0. The molecule has 1 saturated heterocycles. The minimum Gasteiger partial charge on any atom is -0.494 e. The first-order chi connectivity index (χ1) is 13.6. The third kappa shape index (κ3) is 7.20. The Balaban J connectivity index is 0.00000300. The monoisotopic (exact) mass is 470 g/mol. The van der Waals surface area contributed by atoms with Crippen LogP contribution >= 0.6 is 0 Å².